The SMILES string of the molecule is C#CCOC(=O)CCC(=O)Nc1ccc(C(C)=O)cc1. The second kappa shape index (κ2) is 7.74. The lowest BCUT2D eigenvalue weighted by molar-refractivity contribution is -0.143. The van der Waals surface area contributed by atoms with Crippen LogP contribution in [0.2, 0.25) is 0 Å². The molecule has 20 heavy (non-hydrogen) atoms. The molecule has 0 aliphatic carbocycles. The molecule has 0 aromatic heterocycles. The maximum atomic E-state index is 11.6. The van der Waals surface area contributed by atoms with Crippen LogP contribution < -0.4 is 5.32 Å². The van der Waals surface area contributed by atoms with E-state index >= 15 is 0 Å². The Bertz CT molecular complexity index is 540. The molecule has 0 bridgehead atoms. The number of amides is 1. The summed E-state index contributed by atoms with van der Waals surface area (Å²) < 4.78 is 4.64. The van der Waals surface area contributed by atoms with Crippen LogP contribution in [0.25, 0.3) is 0 Å². The van der Waals surface area contributed by atoms with Gasteiger partial charge in [-0.25, -0.2) is 0 Å². The fourth-order valence-electron chi connectivity index (χ4n) is 1.42. The van der Waals surface area contributed by atoms with Gasteiger partial charge in [0.1, 0.15) is 0 Å². The highest BCUT2D eigenvalue weighted by molar-refractivity contribution is 5.96. The number of terminal acetylenes is 1. The minimum Gasteiger partial charge on any atom is -0.452 e. The molecule has 1 N–H and O–H groups in total. The zero-order chi connectivity index (χ0) is 15.0. The van der Waals surface area contributed by atoms with Crippen molar-refractivity contribution >= 4 is 23.3 Å². The maximum Gasteiger partial charge on any atom is 0.307 e. The normalized spacial score (nSPS) is 9.40. The number of carbonyl (C=O) groups excluding carboxylic acids is 3. The Labute approximate surface area is 117 Å². The number of benzene rings is 1. The van der Waals surface area contributed by atoms with Gasteiger partial charge < -0.3 is 10.1 Å². The molecule has 5 nitrogen and oxygen atoms in total. The van der Waals surface area contributed by atoms with Crippen molar-refractivity contribution in [3.63, 3.8) is 0 Å². The fraction of sp³-hybridized carbons (Fsp3) is 0.267. The predicted molar refractivity (Wildman–Crippen MR) is 74.1 cm³/mol. The molecule has 1 amide bonds. The Kier molecular flexibility index (Phi) is 5.98. The van der Waals surface area contributed by atoms with Gasteiger partial charge >= 0.3 is 5.97 Å². The van der Waals surface area contributed by atoms with Crippen LogP contribution >= 0.6 is 0 Å². The number of hydrogen-bond donors (Lipinski definition) is 1. The molecule has 0 radical (unpaired) electrons. The van der Waals surface area contributed by atoms with Crippen molar-refractivity contribution in [3.8, 4) is 12.3 Å². The minimum absolute atomic E-state index is 0.0118. The first kappa shape index (κ1) is 15.4. The van der Waals surface area contributed by atoms with E-state index in [0.717, 1.165) is 0 Å². The smallest absolute Gasteiger partial charge is 0.307 e. The highest BCUT2D eigenvalue weighted by Crippen LogP contribution is 2.10. The lowest BCUT2D eigenvalue weighted by Gasteiger charge is -2.05. The summed E-state index contributed by atoms with van der Waals surface area (Å²) in [4.78, 5) is 33.8. The van der Waals surface area contributed by atoms with Crippen molar-refractivity contribution in [2.75, 3.05) is 11.9 Å². The van der Waals surface area contributed by atoms with E-state index in [1.165, 1.54) is 6.92 Å². The molecule has 5 heteroatoms. The second-order valence-corrected chi connectivity index (χ2v) is 4.05. The number of ether oxygens (including phenoxy) is 1. The summed E-state index contributed by atoms with van der Waals surface area (Å²) in [5.41, 5.74) is 1.14. The van der Waals surface area contributed by atoms with E-state index in [1.54, 1.807) is 24.3 Å². The van der Waals surface area contributed by atoms with E-state index in [4.69, 9.17) is 6.42 Å². The highest BCUT2D eigenvalue weighted by atomic mass is 16.5. The number of ketones is 1. The highest BCUT2D eigenvalue weighted by Gasteiger charge is 2.08. The number of Topliss-reactive ketones (excluding diaryl/α,β-unsaturated/α-hetero) is 1. The van der Waals surface area contributed by atoms with E-state index in [-0.39, 0.29) is 31.1 Å². The topological polar surface area (TPSA) is 72.5 Å². The molecule has 0 aliphatic rings. The van der Waals surface area contributed by atoms with Gasteiger partial charge in [-0.1, -0.05) is 5.92 Å². The van der Waals surface area contributed by atoms with Crippen LogP contribution in [0.1, 0.15) is 30.1 Å². The molecule has 0 unspecified atom stereocenters. The van der Waals surface area contributed by atoms with E-state index in [0.29, 0.717) is 11.3 Å². The van der Waals surface area contributed by atoms with Gasteiger partial charge in [-0.2, -0.15) is 0 Å². The molecular formula is C15H15NO4. The predicted octanol–water partition coefficient (Wildman–Crippen LogP) is 1.78. The third-order valence-electron chi connectivity index (χ3n) is 2.45. The van der Waals surface area contributed by atoms with Gasteiger partial charge in [-0.15, -0.1) is 6.42 Å². The summed E-state index contributed by atoms with van der Waals surface area (Å²) in [6.07, 6.45) is 4.92. The number of carbonyl (C=O) groups is 3. The summed E-state index contributed by atoms with van der Waals surface area (Å²) in [5.74, 6) is 1.31. The van der Waals surface area contributed by atoms with Crippen molar-refractivity contribution in [3.05, 3.63) is 29.8 Å². The molecule has 0 saturated heterocycles. The van der Waals surface area contributed by atoms with Crippen LogP contribution in [0.15, 0.2) is 24.3 Å². The monoisotopic (exact) mass is 273 g/mol. The Morgan fingerprint density at radius 3 is 2.40 bits per heavy atom. The Hall–Kier alpha value is -2.61. The number of nitrogens with one attached hydrogen (secondary N) is 1. The van der Waals surface area contributed by atoms with Crippen molar-refractivity contribution in [2.45, 2.75) is 19.8 Å². The van der Waals surface area contributed by atoms with Crippen molar-refractivity contribution in [1.29, 1.82) is 0 Å². The van der Waals surface area contributed by atoms with Crippen LogP contribution in [0.3, 0.4) is 0 Å². The zero-order valence-electron chi connectivity index (χ0n) is 11.1. The summed E-state index contributed by atoms with van der Waals surface area (Å²) >= 11 is 0. The third kappa shape index (κ3) is 5.36. The summed E-state index contributed by atoms with van der Waals surface area (Å²) in [7, 11) is 0. The van der Waals surface area contributed by atoms with Crippen molar-refractivity contribution < 1.29 is 19.1 Å². The van der Waals surface area contributed by atoms with E-state index in [2.05, 4.69) is 16.0 Å². The zero-order valence-corrected chi connectivity index (χ0v) is 11.1. The second-order valence-electron chi connectivity index (χ2n) is 4.05. The Balaban J connectivity index is 2.41. The molecule has 104 valence electrons. The van der Waals surface area contributed by atoms with Gasteiger partial charge in [-0.05, 0) is 31.2 Å². The standard InChI is InChI=1S/C15H15NO4/c1-3-10-20-15(19)9-8-14(18)16-13-6-4-12(5-7-13)11(2)17/h1,4-7H,8-10H2,2H3,(H,16,18). The average molecular weight is 273 g/mol. The van der Waals surface area contributed by atoms with Crippen LogP contribution in [0.5, 0.6) is 0 Å². The van der Waals surface area contributed by atoms with E-state index < -0.39 is 5.97 Å². The van der Waals surface area contributed by atoms with Gasteiger partial charge in [0.25, 0.3) is 0 Å². The van der Waals surface area contributed by atoms with Crippen LogP contribution in [-0.4, -0.2) is 24.3 Å². The number of esters is 1. The Morgan fingerprint density at radius 2 is 1.85 bits per heavy atom. The van der Waals surface area contributed by atoms with Crippen LogP contribution in [0.4, 0.5) is 5.69 Å². The molecule has 1 aromatic rings. The molecule has 1 aromatic carbocycles. The van der Waals surface area contributed by atoms with E-state index in [9.17, 15) is 14.4 Å². The van der Waals surface area contributed by atoms with Gasteiger partial charge in [0.15, 0.2) is 12.4 Å². The number of rotatable bonds is 6. The van der Waals surface area contributed by atoms with E-state index in [1.807, 2.05) is 0 Å². The molecule has 1 rings (SSSR count). The molecule has 0 saturated carbocycles. The first-order valence-electron chi connectivity index (χ1n) is 6.03. The van der Waals surface area contributed by atoms with Crippen molar-refractivity contribution in [1.82, 2.24) is 0 Å². The van der Waals surface area contributed by atoms with Gasteiger partial charge in [0, 0.05) is 17.7 Å². The number of hydrogen-bond acceptors (Lipinski definition) is 4. The molecule has 0 spiro atoms. The first-order valence-corrected chi connectivity index (χ1v) is 6.03. The summed E-state index contributed by atoms with van der Waals surface area (Å²) in [6, 6.07) is 6.51. The first-order chi connectivity index (χ1) is 9.52. The summed E-state index contributed by atoms with van der Waals surface area (Å²) in [5, 5.41) is 2.62. The molecular weight excluding hydrogens is 258 g/mol. The van der Waals surface area contributed by atoms with Crippen molar-refractivity contribution in [2.24, 2.45) is 0 Å². The minimum atomic E-state index is -0.509. The maximum absolute atomic E-state index is 11.6. The van der Waals surface area contributed by atoms with Gasteiger partial charge in [0.05, 0.1) is 6.42 Å². The third-order valence-corrected chi connectivity index (χ3v) is 2.45. The van der Waals surface area contributed by atoms with Gasteiger partial charge in [0.2, 0.25) is 5.91 Å². The average Bonchev–Trinajstić information content (AvgIpc) is 2.43. The summed E-state index contributed by atoms with van der Waals surface area (Å²) in [6.45, 7) is 1.38. The van der Waals surface area contributed by atoms with Crippen LogP contribution in [-0.2, 0) is 14.3 Å². The van der Waals surface area contributed by atoms with Crippen LogP contribution in [0, 0.1) is 12.3 Å². The Morgan fingerprint density at radius 1 is 1.20 bits per heavy atom. The quantitative estimate of drug-likeness (QED) is 0.487. The largest absolute Gasteiger partial charge is 0.452 e. The van der Waals surface area contributed by atoms with Gasteiger partial charge in [-0.3, -0.25) is 14.4 Å². The molecule has 0 heterocycles. The fourth-order valence-corrected chi connectivity index (χ4v) is 1.42. The lowest BCUT2D eigenvalue weighted by Crippen LogP contribution is -2.14. The molecule has 0 fully saturated rings. The number of anilines is 1. The molecule has 0 aliphatic heterocycles. The lowest BCUT2D eigenvalue weighted by atomic mass is 10.1. The molecule has 0 atom stereocenters.